The van der Waals surface area contributed by atoms with Gasteiger partial charge in [0, 0.05) is 76.5 Å². The third-order valence-corrected chi connectivity index (χ3v) is 15.7. The van der Waals surface area contributed by atoms with Gasteiger partial charge in [0.25, 0.3) is 0 Å². The maximum atomic E-state index is 6.55. The quantitative estimate of drug-likeness (QED) is 0.190. The summed E-state index contributed by atoms with van der Waals surface area (Å²) in [5, 5.41) is 19.6. The first-order chi connectivity index (χ1) is 37.7. The van der Waals surface area contributed by atoms with Gasteiger partial charge in [-0.05, 0) is 104 Å². The SMILES string of the molecule is c1ccc(-c2nc(-c3ccccc3)nc(-c3cccc(-n4c5cccc6c7ccccc7c7cccc8oc9ccc4c(c9c87)c65)c3)n2)cc1.c1ccc2c(c1)c1cccc3[nH]c4ccc5oc6cccc2c6c5c4c31. The fourth-order valence-electron chi connectivity index (χ4n) is 12.6. The van der Waals surface area contributed by atoms with Crippen LogP contribution < -0.4 is 0 Å². The van der Waals surface area contributed by atoms with Gasteiger partial charge in [-0.25, -0.2) is 15.0 Å². The van der Waals surface area contributed by atoms with Gasteiger partial charge >= 0.3 is 0 Å². The zero-order chi connectivity index (χ0) is 49.6. The third kappa shape index (κ3) is 5.79. The number of aromatic amines is 1. The fraction of sp³-hybridized carbons (Fsp3) is 0. The Hall–Kier alpha value is -10.4. The largest absolute Gasteiger partial charge is 0.456 e. The molecule has 0 aliphatic carbocycles. The van der Waals surface area contributed by atoms with E-state index in [1.807, 2.05) is 60.7 Å². The summed E-state index contributed by atoms with van der Waals surface area (Å²) in [6.07, 6.45) is 0. The van der Waals surface area contributed by atoms with Crippen LogP contribution in [0.1, 0.15) is 0 Å². The molecule has 18 rings (SSSR count). The number of H-pyrrole nitrogens is 1. The van der Waals surface area contributed by atoms with Crippen molar-refractivity contribution in [1.29, 1.82) is 0 Å². The summed E-state index contributed by atoms with van der Waals surface area (Å²) in [5.41, 5.74) is 12.1. The average Bonchev–Trinajstić information content (AvgIpc) is 4.34. The van der Waals surface area contributed by atoms with Gasteiger partial charge in [-0.3, -0.25) is 0 Å². The van der Waals surface area contributed by atoms with Crippen molar-refractivity contribution in [3.05, 3.63) is 231 Å². The van der Waals surface area contributed by atoms with E-state index in [-0.39, 0.29) is 0 Å². The van der Waals surface area contributed by atoms with Crippen LogP contribution in [-0.4, -0.2) is 24.5 Å². The second-order valence-corrected chi connectivity index (χ2v) is 19.8. The van der Waals surface area contributed by atoms with Crippen LogP contribution in [0.5, 0.6) is 0 Å². The predicted octanol–water partition coefficient (Wildman–Crippen LogP) is 18.6. The van der Waals surface area contributed by atoms with Crippen molar-refractivity contribution < 1.29 is 8.83 Å². The highest BCUT2D eigenvalue weighted by Gasteiger charge is 2.24. The molecule has 7 heteroatoms. The van der Waals surface area contributed by atoms with Gasteiger partial charge in [-0.2, -0.15) is 0 Å². The monoisotopic (exact) mass is 969 g/mol. The topological polar surface area (TPSA) is 85.7 Å². The predicted molar refractivity (Wildman–Crippen MR) is 313 cm³/mol. The Morgan fingerprint density at radius 3 is 1.30 bits per heavy atom. The maximum Gasteiger partial charge on any atom is 0.164 e. The molecule has 0 aliphatic rings. The van der Waals surface area contributed by atoms with Gasteiger partial charge in [-0.1, -0.05) is 170 Å². The normalized spacial score (nSPS) is 12.2. The molecule has 76 heavy (non-hydrogen) atoms. The lowest BCUT2D eigenvalue weighted by atomic mass is 9.95. The summed E-state index contributed by atoms with van der Waals surface area (Å²) in [5.74, 6) is 1.91. The van der Waals surface area contributed by atoms with E-state index >= 15 is 0 Å². The fourth-order valence-corrected chi connectivity index (χ4v) is 12.6. The van der Waals surface area contributed by atoms with Gasteiger partial charge in [0.05, 0.1) is 11.0 Å². The first-order valence-corrected chi connectivity index (χ1v) is 25.7. The number of nitrogens with zero attached hydrogens (tertiary/aromatic N) is 4. The van der Waals surface area contributed by atoms with E-state index in [1.165, 1.54) is 80.9 Å². The average molecular weight is 970 g/mol. The van der Waals surface area contributed by atoms with E-state index in [9.17, 15) is 0 Å². The lowest BCUT2D eigenvalue weighted by molar-refractivity contribution is 0.669. The molecule has 13 aromatic carbocycles. The minimum atomic E-state index is 0.626. The molecule has 0 saturated heterocycles. The van der Waals surface area contributed by atoms with Crippen LogP contribution in [0.15, 0.2) is 239 Å². The number of hydrogen-bond donors (Lipinski definition) is 1. The van der Waals surface area contributed by atoms with Crippen LogP contribution in [0.2, 0.25) is 0 Å². The smallest absolute Gasteiger partial charge is 0.164 e. The number of benzene rings is 11. The molecule has 0 unspecified atom stereocenters. The molecule has 0 spiro atoms. The molecule has 0 saturated carbocycles. The van der Waals surface area contributed by atoms with E-state index in [0.29, 0.717) is 17.5 Å². The molecule has 0 radical (unpaired) electrons. The van der Waals surface area contributed by atoms with E-state index in [4.69, 9.17) is 23.8 Å². The highest BCUT2D eigenvalue weighted by atomic mass is 16.3. The molecule has 0 aliphatic heterocycles. The van der Waals surface area contributed by atoms with Gasteiger partial charge in [0.2, 0.25) is 0 Å². The number of aromatic nitrogens is 5. The maximum absolute atomic E-state index is 6.55. The Kier molecular flexibility index (Phi) is 8.43. The van der Waals surface area contributed by atoms with E-state index in [0.717, 1.165) is 72.0 Å². The van der Waals surface area contributed by atoms with Crippen LogP contribution >= 0.6 is 0 Å². The molecule has 5 aromatic heterocycles. The second-order valence-electron chi connectivity index (χ2n) is 19.8. The third-order valence-electron chi connectivity index (χ3n) is 15.7. The van der Waals surface area contributed by atoms with Gasteiger partial charge in [0.1, 0.15) is 22.3 Å². The number of nitrogens with one attached hydrogen (secondary N) is 1. The second kappa shape index (κ2) is 15.6. The van der Waals surface area contributed by atoms with Crippen molar-refractivity contribution in [2.24, 2.45) is 0 Å². The molecular formula is C69H39N5O2. The summed E-state index contributed by atoms with van der Waals surface area (Å²) in [4.78, 5) is 18.6. The lowest BCUT2D eigenvalue weighted by Crippen LogP contribution is -2.01. The van der Waals surface area contributed by atoms with Crippen LogP contribution in [0.3, 0.4) is 0 Å². The molecule has 18 aromatic rings. The number of fused-ring (bicyclic) bond motifs is 6. The van der Waals surface area contributed by atoms with Crippen molar-refractivity contribution >= 4 is 131 Å². The Balaban J connectivity index is 0.000000151. The highest BCUT2D eigenvalue weighted by Crippen LogP contribution is 2.48. The first-order valence-electron chi connectivity index (χ1n) is 25.7. The van der Waals surface area contributed by atoms with Crippen molar-refractivity contribution in [2.75, 3.05) is 0 Å². The number of hydrogen-bond acceptors (Lipinski definition) is 5. The summed E-state index contributed by atoms with van der Waals surface area (Å²) >= 11 is 0. The van der Waals surface area contributed by atoms with Crippen molar-refractivity contribution in [2.45, 2.75) is 0 Å². The minimum Gasteiger partial charge on any atom is -0.456 e. The molecule has 1 N–H and O–H groups in total. The summed E-state index contributed by atoms with van der Waals surface area (Å²) < 4.78 is 15.2. The van der Waals surface area contributed by atoms with Gasteiger partial charge < -0.3 is 18.4 Å². The van der Waals surface area contributed by atoms with E-state index < -0.39 is 0 Å². The molecule has 352 valence electrons. The zero-order valence-electron chi connectivity index (χ0n) is 40.5. The highest BCUT2D eigenvalue weighted by molar-refractivity contribution is 6.39. The summed E-state index contributed by atoms with van der Waals surface area (Å²) in [7, 11) is 0. The Labute approximate surface area is 432 Å². The van der Waals surface area contributed by atoms with E-state index in [1.54, 1.807) is 0 Å². The summed E-state index contributed by atoms with van der Waals surface area (Å²) in [6.45, 7) is 0. The minimum absolute atomic E-state index is 0.626. The Morgan fingerprint density at radius 2 is 0.697 bits per heavy atom. The van der Waals surface area contributed by atoms with Crippen molar-refractivity contribution in [3.63, 3.8) is 0 Å². The van der Waals surface area contributed by atoms with Gasteiger partial charge in [-0.15, -0.1) is 0 Å². The molecule has 0 fully saturated rings. The van der Waals surface area contributed by atoms with Gasteiger partial charge in [0.15, 0.2) is 17.5 Å². The van der Waals surface area contributed by atoms with Crippen LogP contribution in [0, 0.1) is 0 Å². The van der Waals surface area contributed by atoms with Crippen molar-refractivity contribution in [3.8, 4) is 39.9 Å². The molecule has 0 atom stereocenters. The summed E-state index contributed by atoms with van der Waals surface area (Å²) in [6, 6.07) is 80.7. The number of rotatable bonds is 4. The molecular weight excluding hydrogens is 931 g/mol. The molecule has 7 nitrogen and oxygen atoms in total. The molecule has 0 amide bonds. The molecule has 0 bridgehead atoms. The molecule has 5 heterocycles. The Morgan fingerprint density at radius 1 is 0.276 bits per heavy atom. The van der Waals surface area contributed by atoms with Crippen LogP contribution in [0.4, 0.5) is 0 Å². The van der Waals surface area contributed by atoms with Crippen LogP contribution in [-0.2, 0) is 0 Å². The number of furan rings is 2. The first kappa shape index (κ1) is 41.1. The Bertz CT molecular complexity index is 5180. The van der Waals surface area contributed by atoms with Crippen LogP contribution in [0.25, 0.3) is 170 Å². The van der Waals surface area contributed by atoms with E-state index in [2.05, 4.69) is 179 Å². The standard InChI is InChI=1S/C45H26N4O.C24H13NO/c1-3-12-27(13-4-1)43-46-44(28-14-5-2-6-15-28)48-45(47-43)29-16-9-17-30(26-29)49-35-22-10-20-33-31-18-7-8-19-32(31)34-21-11-23-37-40(34)42-38(50-37)25-24-36(49)41(42)39(33)35;1-2-6-14-13(5-1)15-7-3-9-17-21(15)23-18(25-17)11-12-20-24(23)22-16(14)8-4-10-19(22)26-20/h1-26H;1-12,25H. The lowest BCUT2D eigenvalue weighted by Gasteiger charge is -2.11. The zero-order valence-corrected chi connectivity index (χ0v) is 40.5. The van der Waals surface area contributed by atoms with Crippen molar-refractivity contribution in [1.82, 2.24) is 24.5 Å².